The van der Waals surface area contributed by atoms with E-state index >= 15 is 0 Å². The van der Waals surface area contributed by atoms with Gasteiger partial charge >= 0.3 is 11.4 Å². The van der Waals surface area contributed by atoms with Gasteiger partial charge in [0.2, 0.25) is 7.14 Å². The second kappa shape index (κ2) is 5.74. The van der Waals surface area contributed by atoms with E-state index in [2.05, 4.69) is 9.53 Å². The lowest BCUT2D eigenvalue weighted by molar-refractivity contribution is -0.139. The summed E-state index contributed by atoms with van der Waals surface area (Å²) in [5.74, 6) is -0.790. The molecular weight excluding hydrogens is 203 g/mol. The minimum atomic E-state index is -2.85. The van der Waals surface area contributed by atoms with Crippen LogP contribution in [0.5, 0.6) is 0 Å². The highest BCUT2D eigenvalue weighted by molar-refractivity contribution is 7.82. The van der Waals surface area contributed by atoms with E-state index < -0.39 is 13.1 Å². The zero-order chi connectivity index (χ0) is 11.2. The Morgan fingerprint density at radius 2 is 1.86 bits per heavy atom. The van der Waals surface area contributed by atoms with Gasteiger partial charge in [0.25, 0.3) is 0 Å². The molecule has 0 saturated carbocycles. The van der Waals surface area contributed by atoms with Crippen molar-refractivity contribution in [2.75, 3.05) is 18.9 Å². The summed E-state index contributed by atoms with van der Waals surface area (Å²) in [6.45, 7) is 5.18. The third kappa shape index (κ3) is 2.79. The maximum Gasteiger partial charge on any atom is 0.430 e. The van der Waals surface area contributed by atoms with Crippen LogP contribution in [0.3, 0.4) is 0 Å². The largest absolute Gasteiger partial charge is 0.457 e. The van der Waals surface area contributed by atoms with Crippen molar-refractivity contribution >= 4 is 18.6 Å². The Balaban J connectivity index is 5.01. The van der Waals surface area contributed by atoms with Gasteiger partial charge in [-0.25, -0.2) is 4.79 Å². The lowest BCUT2D eigenvalue weighted by Crippen LogP contribution is -2.20. The first kappa shape index (κ1) is 13.1. The Morgan fingerprint density at radius 1 is 1.36 bits per heavy atom. The minimum absolute atomic E-state index is 0.172. The molecule has 0 radical (unpaired) electrons. The minimum Gasteiger partial charge on any atom is -0.457 e. The zero-order valence-corrected chi connectivity index (χ0v) is 9.58. The normalized spacial score (nSPS) is 10.5. The lowest BCUT2D eigenvalue weighted by Gasteiger charge is -2.07. The second-order valence-corrected chi connectivity index (χ2v) is 6.13. The summed E-state index contributed by atoms with van der Waals surface area (Å²) in [6.07, 6.45) is 0.587. The molecule has 0 atom stereocenters. The van der Waals surface area contributed by atoms with E-state index in [9.17, 15) is 9.36 Å². The Bertz CT molecular complexity index is 300. The molecule has 5 nitrogen and oxygen atoms in total. The summed E-state index contributed by atoms with van der Waals surface area (Å²) in [5.41, 5.74) is 8.31. The first-order chi connectivity index (χ1) is 6.55. The maximum absolute atomic E-state index is 12.0. The van der Waals surface area contributed by atoms with E-state index in [4.69, 9.17) is 5.53 Å². The van der Waals surface area contributed by atoms with E-state index in [1.54, 1.807) is 20.8 Å². The third-order valence-corrected chi connectivity index (χ3v) is 5.05. The van der Waals surface area contributed by atoms with Crippen molar-refractivity contribution in [1.82, 2.24) is 0 Å². The number of carbonyl (C=O) groups excluding carboxylic acids is 1. The highest BCUT2D eigenvalue weighted by Crippen LogP contribution is 2.45. The summed E-state index contributed by atoms with van der Waals surface area (Å²) in [7, 11) is -2.85. The van der Waals surface area contributed by atoms with Crippen LogP contribution in [0.1, 0.15) is 20.8 Å². The summed E-state index contributed by atoms with van der Waals surface area (Å²) in [5, 5.41) is 0. The molecule has 14 heavy (non-hydrogen) atoms. The molecule has 0 unspecified atom stereocenters. The van der Waals surface area contributed by atoms with Gasteiger partial charge in [-0.2, -0.15) is 4.79 Å². The van der Waals surface area contributed by atoms with Gasteiger partial charge in [0.15, 0.2) is 0 Å². The van der Waals surface area contributed by atoms with E-state index in [1.807, 2.05) is 0 Å². The van der Waals surface area contributed by atoms with Crippen molar-refractivity contribution in [3.8, 4) is 0 Å². The third-order valence-electron chi connectivity index (χ3n) is 1.96. The first-order valence-corrected chi connectivity index (χ1v) is 6.61. The van der Waals surface area contributed by atoms with Crippen molar-refractivity contribution in [1.29, 1.82) is 0 Å². The molecule has 0 spiro atoms. The average Bonchev–Trinajstić information content (AvgIpc) is 2.19. The van der Waals surface area contributed by atoms with Crippen molar-refractivity contribution < 1.29 is 18.9 Å². The van der Waals surface area contributed by atoms with Crippen LogP contribution in [0.4, 0.5) is 0 Å². The van der Waals surface area contributed by atoms with E-state index in [0.717, 1.165) is 0 Å². The molecule has 0 fully saturated rings. The zero-order valence-electron chi connectivity index (χ0n) is 8.69. The topological polar surface area (TPSA) is 79.8 Å². The summed E-state index contributed by atoms with van der Waals surface area (Å²) < 4.78 is 16.6. The van der Waals surface area contributed by atoms with Crippen LogP contribution < -0.4 is 0 Å². The van der Waals surface area contributed by atoms with Gasteiger partial charge in [0, 0.05) is 12.3 Å². The van der Waals surface area contributed by atoms with Crippen molar-refractivity contribution in [3.63, 3.8) is 0 Å². The number of nitrogens with zero attached hydrogens (tertiary/aromatic N) is 2. The fraction of sp³-hybridized carbons (Fsp3) is 0.750. The van der Waals surface area contributed by atoms with Crippen molar-refractivity contribution in [2.24, 2.45) is 0 Å². The predicted molar refractivity (Wildman–Crippen MR) is 53.9 cm³/mol. The molecule has 0 amide bonds. The smallest absolute Gasteiger partial charge is 0.430 e. The highest BCUT2D eigenvalue weighted by atomic mass is 31.2. The standard InChI is InChI=1S/C8H15N2O3P/c1-4-13-8(11)7(10-9)14(12,5-2)6-3/h4-6H2,1-3H3. The van der Waals surface area contributed by atoms with Crippen LogP contribution in [0.2, 0.25) is 0 Å². The van der Waals surface area contributed by atoms with Gasteiger partial charge in [0.05, 0.1) is 6.61 Å². The lowest BCUT2D eigenvalue weighted by atomic mass is 10.7. The van der Waals surface area contributed by atoms with Crippen molar-refractivity contribution in [2.45, 2.75) is 20.8 Å². The molecule has 0 aromatic carbocycles. The average molecular weight is 218 g/mol. The second-order valence-electron chi connectivity index (χ2n) is 2.67. The van der Waals surface area contributed by atoms with E-state index in [0.29, 0.717) is 12.3 Å². The number of rotatable bonds is 5. The van der Waals surface area contributed by atoms with Crippen LogP contribution in [-0.4, -0.2) is 35.1 Å². The quantitative estimate of drug-likeness (QED) is 0.231. The van der Waals surface area contributed by atoms with Gasteiger partial charge in [-0.15, -0.1) is 0 Å². The van der Waals surface area contributed by atoms with Crippen molar-refractivity contribution in [3.05, 3.63) is 5.53 Å². The van der Waals surface area contributed by atoms with Crippen LogP contribution >= 0.6 is 7.14 Å². The molecule has 0 bridgehead atoms. The fourth-order valence-corrected chi connectivity index (χ4v) is 2.61. The Labute approximate surface area is 83.4 Å². The molecule has 80 valence electrons. The number of hydrogen-bond donors (Lipinski definition) is 0. The highest BCUT2D eigenvalue weighted by Gasteiger charge is 2.40. The number of hydrogen-bond acceptors (Lipinski definition) is 3. The maximum atomic E-state index is 12.0. The van der Waals surface area contributed by atoms with Gasteiger partial charge in [-0.05, 0) is 6.92 Å². The first-order valence-electron chi connectivity index (χ1n) is 4.53. The summed E-state index contributed by atoms with van der Waals surface area (Å²) >= 11 is 0. The van der Waals surface area contributed by atoms with E-state index in [-0.39, 0.29) is 12.1 Å². The molecule has 0 aliphatic carbocycles. The number of ether oxygens (including phenoxy) is 1. The summed E-state index contributed by atoms with van der Waals surface area (Å²) in [4.78, 5) is 14.1. The number of carbonyl (C=O) groups is 1. The van der Waals surface area contributed by atoms with Gasteiger partial charge in [-0.1, -0.05) is 13.8 Å². The van der Waals surface area contributed by atoms with Crippen LogP contribution in [0, 0.1) is 0 Å². The summed E-state index contributed by atoms with van der Waals surface area (Å²) in [6, 6.07) is 0. The molecule has 6 heteroatoms. The molecular formula is C8H15N2O3P. The predicted octanol–water partition coefficient (Wildman–Crippen LogP) is 1.58. The molecule has 0 aliphatic heterocycles. The van der Waals surface area contributed by atoms with Gasteiger partial charge in [0.1, 0.15) is 0 Å². The monoisotopic (exact) mass is 218 g/mol. The Kier molecular flexibility index (Phi) is 5.36. The molecule has 0 aromatic heterocycles. The van der Waals surface area contributed by atoms with Crippen LogP contribution in [0.25, 0.3) is 5.53 Å². The van der Waals surface area contributed by atoms with Gasteiger partial charge < -0.3 is 14.8 Å². The molecule has 0 N–H and O–H groups in total. The van der Waals surface area contributed by atoms with Gasteiger partial charge in [-0.3, -0.25) is 0 Å². The van der Waals surface area contributed by atoms with E-state index in [1.165, 1.54) is 0 Å². The van der Waals surface area contributed by atoms with Crippen LogP contribution in [-0.2, 0) is 14.1 Å². The SMILES string of the molecule is CCOC(=O)C(=[N+]=[N-])P(=O)(CC)CC. The Hall–Kier alpha value is -0.920. The number of esters is 1. The molecule has 0 rings (SSSR count). The molecule has 0 heterocycles. The Morgan fingerprint density at radius 3 is 2.14 bits per heavy atom. The molecule has 0 aromatic rings. The molecule has 0 saturated heterocycles. The van der Waals surface area contributed by atoms with Crippen LogP contribution in [0.15, 0.2) is 0 Å². The fourth-order valence-electron chi connectivity index (χ4n) is 1.01. The molecule has 0 aliphatic rings.